The molecule has 2 N–H and O–H groups in total. The van der Waals surface area contributed by atoms with Crippen LogP contribution in [0.1, 0.15) is 113 Å². The standard InChI is InChI=1S/C34H43ClFN3O4/c1-5-6-7-8-28(22-9-11-23(12-10-22)31(42)37-20-17-29(40)41)39-32(43)30(24-13-14-27(36)26(35)21-24)38-34(39)18-15-25(16-19-34)33(2,3)4/h9-14,21,25,28H,5-8,15-20H2,1-4H3,(H,37,42)(H,40,41). The van der Waals surface area contributed by atoms with E-state index < -0.39 is 17.4 Å². The number of aliphatic carboxylic acids is 1. The molecule has 0 aromatic heterocycles. The molecule has 1 heterocycles. The van der Waals surface area contributed by atoms with Gasteiger partial charge >= 0.3 is 5.97 Å². The fourth-order valence-corrected chi connectivity index (χ4v) is 6.63. The highest BCUT2D eigenvalue weighted by Crippen LogP contribution is 2.50. The van der Waals surface area contributed by atoms with Crippen LogP contribution in [-0.4, -0.2) is 45.7 Å². The van der Waals surface area contributed by atoms with E-state index in [9.17, 15) is 18.8 Å². The zero-order chi connectivity index (χ0) is 31.4. The lowest BCUT2D eigenvalue weighted by atomic mass is 9.69. The number of amides is 2. The van der Waals surface area contributed by atoms with Crippen LogP contribution in [-0.2, 0) is 9.59 Å². The maximum absolute atomic E-state index is 14.4. The Morgan fingerprint density at radius 3 is 2.40 bits per heavy atom. The van der Waals surface area contributed by atoms with Crippen LogP contribution in [0.25, 0.3) is 0 Å². The molecule has 2 aliphatic rings. The van der Waals surface area contributed by atoms with Crippen molar-refractivity contribution in [2.45, 2.75) is 97.2 Å². The van der Waals surface area contributed by atoms with Crippen LogP contribution in [0.3, 0.4) is 0 Å². The van der Waals surface area contributed by atoms with Crippen LogP contribution >= 0.6 is 11.6 Å². The average molecular weight is 612 g/mol. The summed E-state index contributed by atoms with van der Waals surface area (Å²) >= 11 is 6.14. The van der Waals surface area contributed by atoms with Crippen LogP contribution in [0.4, 0.5) is 4.39 Å². The minimum atomic E-state index is -0.976. The highest BCUT2D eigenvalue weighted by molar-refractivity contribution is 6.47. The molecule has 2 amide bonds. The number of hydrogen-bond donors (Lipinski definition) is 2. The number of halogens is 2. The lowest BCUT2D eigenvalue weighted by Gasteiger charge is -2.47. The second kappa shape index (κ2) is 13.6. The Hall–Kier alpha value is -3.26. The summed E-state index contributed by atoms with van der Waals surface area (Å²) in [6.07, 6.45) is 6.88. The number of unbranched alkanes of at least 4 members (excludes halogenated alkanes) is 2. The van der Waals surface area contributed by atoms with E-state index in [1.165, 1.54) is 12.1 Å². The predicted octanol–water partition coefficient (Wildman–Crippen LogP) is 7.57. The number of carbonyl (C=O) groups is 3. The van der Waals surface area contributed by atoms with Gasteiger partial charge in [-0.15, -0.1) is 0 Å². The smallest absolute Gasteiger partial charge is 0.305 e. The number of carbonyl (C=O) groups excluding carboxylic acids is 2. The van der Waals surface area contributed by atoms with Gasteiger partial charge in [-0.25, -0.2) is 4.39 Å². The maximum atomic E-state index is 14.4. The summed E-state index contributed by atoms with van der Waals surface area (Å²) in [5.74, 6) is -1.54. The molecule has 7 nitrogen and oxygen atoms in total. The molecule has 232 valence electrons. The lowest BCUT2D eigenvalue weighted by Crippen LogP contribution is -2.51. The van der Waals surface area contributed by atoms with E-state index in [4.69, 9.17) is 21.7 Å². The molecule has 4 rings (SSSR count). The third kappa shape index (κ3) is 7.46. The molecule has 1 aliphatic heterocycles. The van der Waals surface area contributed by atoms with Crippen molar-refractivity contribution in [1.82, 2.24) is 10.2 Å². The number of nitrogens with one attached hydrogen (secondary N) is 1. The minimum Gasteiger partial charge on any atom is -0.481 e. The zero-order valence-corrected chi connectivity index (χ0v) is 26.3. The van der Waals surface area contributed by atoms with Gasteiger partial charge in [0.2, 0.25) is 0 Å². The molecular formula is C34H43ClFN3O4. The van der Waals surface area contributed by atoms with E-state index in [1.807, 2.05) is 17.0 Å². The first-order valence-electron chi connectivity index (χ1n) is 15.3. The average Bonchev–Trinajstić information content (AvgIpc) is 3.23. The third-order valence-corrected chi connectivity index (χ3v) is 9.26. The van der Waals surface area contributed by atoms with Gasteiger partial charge in [-0.2, -0.15) is 0 Å². The summed E-state index contributed by atoms with van der Waals surface area (Å²) in [5, 5.41) is 11.5. The van der Waals surface area contributed by atoms with E-state index in [1.54, 1.807) is 18.2 Å². The van der Waals surface area contributed by atoms with Crippen LogP contribution in [0, 0.1) is 17.2 Å². The fraction of sp³-hybridized carbons (Fsp3) is 0.529. The van der Waals surface area contributed by atoms with Gasteiger partial charge in [0, 0.05) is 17.7 Å². The molecule has 1 unspecified atom stereocenters. The molecule has 0 bridgehead atoms. The Kier molecular flexibility index (Phi) is 10.3. The zero-order valence-electron chi connectivity index (χ0n) is 25.6. The molecule has 1 spiro atoms. The van der Waals surface area contributed by atoms with Crippen molar-refractivity contribution in [3.05, 3.63) is 70.0 Å². The molecule has 9 heteroatoms. The Bertz CT molecular complexity index is 1360. The monoisotopic (exact) mass is 611 g/mol. The SMILES string of the molecule is CCCCCC(c1ccc(C(=O)NCCC(=O)O)cc1)N1C(=O)C(c2ccc(F)c(Cl)c2)=NC12CCC(C(C)(C)C)CC2. The molecule has 0 saturated heterocycles. The highest BCUT2D eigenvalue weighted by Gasteiger charge is 2.52. The number of benzene rings is 2. The predicted molar refractivity (Wildman–Crippen MR) is 167 cm³/mol. The number of carboxylic acid groups (broad SMARTS) is 1. The number of carboxylic acids is 1. The molecule has 2 aromatic carbocycles. The summed E-state index contributed by atoms with van der Waals surface area (Å²) in [6, 6.07) is 11.3. The Morgan fingerprint density at radius 1 is 1.14 bits per heavy atom. The normalized spacial score (nSPS) is 21.2. The van der Waals surface area contributed by atoms with Gasteiger partial charge in [0.05, 0.1) is 17.5 Å². The highest BCUT2D eigenvalue weighted by atomic mass is 35.5. The second-order valence-corrected chi connectivity index (χ2v) is 13.3. The number of aliphatic imine (C=N–C) groups is 1. The first kappa shape index (κ1) is 32.6. The van der Waals surface area contributed by atoms with Crippen LogP contribution in [0.15, 0.2) is 47.5 Å². The minimum absolute atomic E-state index is 0.0451. The topological polar surface area (TPSA) is 99.1 Å². The summed E-state index contributed by atoms with van der Waals surface area (Å²) < 4.78 is 14.1. The van der Waals surface area contributed by atoms with Crippen molar-refractivity contribution in [2.75, 3.05) is 6.54 Å². The summed E-state index contributed by atoms with van der Waals surface area (Å²) in [4.78, 5) is 45.0. The number of rotatable bonds is 11. The molecule has 1 fully saturated rings. The Balaban J connectivity index is 1.71. The molecule has 1 saturated carbocycles. The van der Waals surface area contributed by atoms with E-state index >= 15 is 0 Å². The summed E-state index contributed by atoms with van der Waals surface area (Å²) in [7, 11) is 0. The van der Waals surface area contributed by atoms with Gasteiger partial charge in [0.15, 0.2) is 0 Å². The summed E-state index contributed by atoms with van der Waals surface area (Å²) in [5.41, 5.74) is 1.58. The third-order valence-electron chi connectivity index (χ3n) is 8.97. The molecule has 0 radical (unpaired) electrons. The number of nitrogens with zero attached hydrogens (tertiary/aromatic N) is 2. The van der Waals surface area contributed by atoms with E-state index in [-0.39, 0.29) is 41.3 Å². The van der Waals surface area contributed by atoms with E-state index in [2.05, 4.69) is 33.0 Å². The lowest BCUT2D eigenvalue weighted by molar-refractivity contribution is -0.137. The second-order valence-electron chi connectivity index (χ2n) is 12.9. The van der Waals surface area contributed by atoms with Crippen LogP contribution in [0.2, 0.25) is 5.02 Å². The molecule has 1 aliphatic carbocycles. The van der Waals surface area contributed by atoms with Crippen molar-refractivity contribution in [3.63, 3.8) is 0 Å². The van der Waals surface area contributed by atoms with Crippen molar-refractivity contribution >= 4 is 35.1 Å². The van der Waals surface area contributed by atoms with Gasteiger partial charge in [-0.3, -0.25) is 19.4 Å². The van der Waals surface area contributed by atoms with Crippen LogP contribution in [0.5, 0.6) is 0 Å². The Labute approximate surface area is 258 Å². The van der Waals surface area contributed by atoms with Crippen molar-refractivity contribution in [1.29, 1.82) is 0 Å². The quantitative estimate of drug-likeness (QED) is 0.256. The van der Waals surface area contributed by atoms with Crippen LogP contribution < -0.4 is 5.32 Å². The number of hydrogen-bond acceptors (Lipinski definition) is 4. The van der Waals surface area contributed by atoms with Crippen molar-refractivity contribution < 1.29 is 23.9 Å². The maximum Gasteiger partial charge on any atom is 0.305 e. The first-order valence-corrected chi connectivity index (χ1v) is 15.7. The van der Waals surface area contributed by atoms with E-state index in [0.717, 1.165) is 56.9 Å². The Morgan fingerprint density at radius 2 is 1.81 bits per heavy atom. The van der Waals surface area contributed by atoms with Gasteiger partial charge in [-0.1, -0.05) is 70.7 Å². The summed E-state index contributed by atoms with van der Waals surface area (Å²) in [6.45, 7) is 8.96. The molecular weight excluding hydrogens is 569 g/mol. The first-order chi connectivity index (χ1) is 20.4. The largest absolute Gasteiger partial charge is 0.481 e. The van der Waals surface area contributed by atoms with E-state index in [0.29, 0.717) is 22.8 Å². The fourth-order valence-electron chi connectivity index (χ4n) is 6.45. The van der Waals surface area contributed by atoms with Gasteiger partial charge in [0.1, 0.15) is 17.2 Å². The molecule has 2 aromatic rings. The van der Waals surface area contributed by atoms with Crippen molar-refractivity contribution in [3.8, 4) is 0 Å². The molecule has 1 atom stereocenters. The molecule has 43 heavy (non-hydrogen) atoms. The van der Waals surface area contributed by atoms with Gasteiger partial charge < -0.3 is 15.3 Å². The van der Waals surface area contributed by atoms with Crippen molar-refractivity contribution in [2.24, 2.45) is 16.3 Å². The van der Waals surface area contributed by atoms with Gasteiger partial charge in [0.25, 0.3) is 11.8 Å². The van der Waals surface area contributed by atoms with Gasteiger partial charge in [-0.05, 0) is 79.3 Å².